The molecule has 2 saturated heterocycles. The fraction of sp³-hybridized carbons (Fsp3) is 0.643. The molecule has 0 saturated carbocycles. The lowest BCUT2D eigenvalue weighted by atomic mass is 10.1. The van der Waals surface area contributed by atoms with Gasteiger partial charge in [-0.15, -0.1) is 0 Å². The lowest BCUT2D eigenvalue weighted by Crippen LogP contribution is -2.41. The van der Waals surface area contributed by atoms with E-state index < -0.39 is 0 Å². The summed E-state index contributed by atoms with van der Waals surface area (Å²) in [6.07, 6.45) is 5.60. The molecule has 1 amide bonds. The van der Waals surface area contributed by atoms with Crippen molar-refractivity contribution in [2.24, 2.45) is 0 Å². The first-order valence-corrected chi connectivity index (χ1v) is 7.15. The maximum absolute atomic E-state index is 12.4. The van der Waals surface area contributed by atoms with E-state index in [0.29, 0.717) is 38.0 Å². The van der Waals surface area contributed by atoms with Gasteiger partial charge in [-0.05, 0) is 26.4 Å². The lowest BCUT2D eigenvalue weighted by Gasteiger charge is -2.26. The molecule has 108 valence electrons. The van der Waals surface area contributed by atoms with Gasteiger partial charge in [-0.2, -0.15) is 0 Å². The molecule has 2 aliphatic heterocycles. The van der Waals surface area contributed by atoms with Gasteiger partial charge in [-0.25, -0.2) is 4.98 Å². The molecule has 0 aliphatic carbocycles. The smallest absolute Gasteiger partial charge is 0.274 e. The number of nitrogens with zero attached hydrogens (tertiary/aromatic N) is 4. The molecule has 0 bridgehead atoms. The molecule has 3 heterocycles. The zero-order chi connectivity index (χ0) is 13.9. The Balaban J connectivity index is 1.78. The highest BCUT2D eigenvalue weighted by molar-refractivity contribution is 5.92. The van der Waals surface area contributed by atoms with Crippen LogP contribution in [0.1, 0.15) is 35.1 Å². The highest BCUT2D eigenvalue weighted by Crippen LogP contribution is 2.28. The maximum Gasteiger partial charge on any atom is 0.274 e. The monoisotopic (exact) mass is 276 g/mol. The molecule has 0 N–H and O–H groups in total. The molecule has 3 rings (SSSR count). The summed E-state index contributed by atoms with van der Waals surface area (Å²) in [5.41, 5.74) is 1.36. The summed E-state index contributed by atoms with van der Waals surface area (Å²) in [6.45, 7) is 3.55. The van der Waals surface area contributed by atoms with Gasteiger partial charge in [0.1, 0.15) is 5.69 Å². The van der Waals surface area contributed by atoms with Gasteiger partial charge in [0.05, 0.1) is 37.3 Å². The molecule has 0 aromatic carbocycles. The molecule has 1 aromatic heterocycles. The van der Waals surface area contributed by atoms with Crippen LogP contribution in [0.15, 0.2) is 12.4 Å². The third kappa shape index (κ3) is 2.66. The number of morpholine rings is 1. The third-order valence-electron chi connectivity index (χ3n) is 4.03. The Morgan fingerprint density at radius 3 is 2.80 bits per heavy atom. The predicted molar refractivity (Wildman–Crippen MR) is 73.4 cm³/mol. The zero-order valence-electron chi connectivity index (χ0n) is 11.8. The van der Waals surface area contributed by atoms with E-state index in [-0.39, 0.29) is 5.91 Å². The average molecular weight is 276 g/mol. The Hall–Kier alpha value is -1.53. The minimum Gasteiger partial charge on any atom is -0.378 e. The number of rotatable bonds is 2. The minimum atomic E-state index is -0.0386. The molecule has 0 spiro atoms. The highest BCUT2D eigenvalue weighted by Gasteiger charge is 2.26. The van der Waals surface area contributed by atoms with Crippen molar-refractivity contribution in [2.45, 2.75) is 18.9 Å². The predicted octanol–water partition coefficient (Wildman–Crippen LogP) is 0.716. The first-order valence-electron chi connectivity index (χ1n) is 7.15. The van der Waals surface area contributed by atoms with Crippen LogP contribution in [-0.2, 0) is 4.74 Å². The Morgan fingerprint density at radius 2 is 2.10 bits per heavy atom. The second-order valence-electron chi connectivity index (χ2n) is 5.37. The molecular weight excluding hydrogens is 256 g/mol. The molecule has 0 unspecified atom stereocenters. The molecule has 1 atom stereocenters. The first-order chi connectivity index (χ1) is 9.75. The molecule has 6 nitrogen and oxygen atoms in total. The van der Waals surface area contributed by atoms with Crippen LogP contribution in [0.4, 0.5) is 0 Å². The molecule has 6 heteroatoms. The van der Waals surface area contributed by atoms with E-state index in [1.54, 1.807) is 17.3 Å². The topological polar surface area (TPSA) is 58.6 Å². The zero-order valence-corrected chi connectivity index (χ0v) is 11.8. The Bertz CT molecular complexity index is 488. The second-order valence-corrected chi connectivity index (χ2v) is 5.37. The molecule has 2 fully saturated rings. The lowest BCUT2D eigenvalue weighted by molar-refractivity contribution is 0.0298. The van der Waals surface area contributed by atoms with E-state index in [0.717, 1.165) is 18.7 Å². The van der Waals surface area contributed by atoms with E-state index in [1.165, 1.54) is 6.42 Å². The SMILES string of the molecule is CN1CCC[C@@H]1c1cncc(C(=O)N2CCOCC2)n1. The minimum absolute atomic E-state index is 0.0386. The fourth-order valence-corrected chi connectivity index (χ4v) is 2.86. The van der Waals surface area contributed by atoms with Crippen LogP contribution in [0, 0.1) is 0 Å². The van der Waals surface area contributed by atoms with E-state index >= 15 is 0 Å². The van der Waals surface area contributed by atoms with Crippen LogP contribution in [0.5, 0.6) is 0 Å². The number of likely N-dealkylation sites (tertiary alicyclic amines) is 1. The van der Waals surface area contributed by atoms with E-state index in [2.05, 4.69) is 21.9 Å². The molecule has 2 aliphatic rings. The Labute approximate surface area is 118 Å². The van der Waals surface area contributed by atoms with Crippen LogP contribution in [0.2, 0.25) is 0 Å². The summed E-state index contributed by atoms with van der Waals surface area (Å²) >= 11 is 0. The fourth-order valence-electron chi connectivity index (χ4n) is 2.86. The van der Waals surface area contributed by atoms with Gasteiger partial charge in [-0.3, -0.25) is 14.7 Å². The normalized spacial score (nSPS) is 24.1. The van der Waals surface area contributed by atoms with Gasteiger partial charge in [0.25, 0.3) is 5.91 Å². The molecule has 0 radical (unpaired) electrons. The second kappa shape index (κ2) is 5.85. The Kier molecular flexibility index (Phi) is 3.93. The van der Waals surface area contributed by atoms with Crippen LogP contribution >= 0.6 is 0 Å². The van der Waals surface area contributed by atoms with Gasteiger partial charge in [0.2, 0.25) is 0 Å². The van der Waals surface area contributed by atoms with Gasteiger partial charge < -0.3 is 9.64 Å². The average Bonchev–Trinajstić information content (AvgIpc) is 2.94. The van der Waals surface area contributed by atoms with Crippen molar-refractivity contribution in [3.8, 4) is 0 Å². The van der Waals surface area contributed by atoms with Gasteiger partial charge >= 0.3 is 0 Å². The maximum atomic E-state index is 12.4. The number of carbonyl (C=O) groups is 1. The van der Waals surface area contributed by atoms with Crippen molar-refractivity contribution in [1.29, 1.82) is 0 Å². The van der Waals surface area contributed by atoms with Crippen molar-refractivity contribution in [3.63, 3.8) is 0 Å². The summed E-state index contributed by atoms with van der Waals surface area (Å²) in [6, 6.07) is 0.292. The summed E-state index contributed by atoms with van der Waals surface area (Å²) < 4.78 is 5.27. The van der Waals surface area contributed by atoms with Gasteiger partial charge in [-0.1, -0.05) is 0 Å². The number of carbonyl (C=O) groups excluding carboxylic acids is 1. The summed E-state index contributed by atoms with van der Waals surface area (Å²) in [7, 11) is 2.09. The van der Waals surface area contributed by atoms with Crippen LogP contribution in [0.25, 0.3) is 0 Å². The summed E-state index contributed by atoms with van der Waals surface area (Å²) in [5, 5.41) is 0. The number of hydrogen-bond donors (Lipinski definition) is 0. The van der Waals surface area contributed by atoms with E-state index in [9.17, 15) is 4.79 Å². The molecule has 1 aromatic rings. The van der Waals surface area contributed by atoms with Gasteiger partial charge in [0.15, 0.2) is 0 Å². The Morgan fingerprint density at radius 1 is 1.30 bits per heavy atom. The van der Waals surface area contributed by atoms with Gasteiger partial charge in [0, 0.05) is 13.1 Å². The largest absolute Gasteiger partial charge is 0.378 e. The van der Waals surface area contributed by atoms with Crippen molar-refractivity contribution in [2.75, 3.05) is 39.9 Å². The van der Waals surface area contributed by atoms with Crippen LogP contribution in [-0.4, -0.2) is 65.6 Å². The summed E-state index contributed by atoms with van der Waals surface area (Å²) in [5.74, 6) is -0.0386. The van der Waals surface area contributed by atoms with Crippen molar-refractivity contribution in [3.05, 3.63) is 23.8 Å². The first kappa shape index (κ1) is 13.5. The van der Waals surface area contributed by atoms with E-state index in [1.807, 2.05) is 0 Å². The number of ether oxygens (including phenoxy) is 1. The molecular formula is C14H20N4O2. The van der Waals surface area contributed by atoms with Crippen LogP contribution < -0.4 is 0 Å². The third-order valence-corrected chi connectivity index (χ3v) is 4.03. The number of aromatic nitrogens is 2. The quantitative estimate of drug-likeness (QED) is 0.796. The van der Waals surface area contributed by atoms with Crippen molar-refractivity contribution < 1.29 is 9.53 Å². The van der Waals surface area contributed by atoms with Crippen LogP contribution in [0.3, 0.4) is 0 Å². The van der Waals surface area contributed by atoms with Crippen molar-refractivity contribution >= 4 is 5.91 Å². The standard InChI is InChI=1S/C14H20N4O2/c1-17-4-2-3-13(17)11-9-15-10-12(16-11)14(19)18-5-7-20-8-6-18/h9-10,13H,2-8H2,1H3/t13-/m1/s1. The highest BCUT2D eigenvalue weighted by atomic mass is 16.5. The van der Waals surface area contributed by atoms with Crippen molar-refractivity contribution in [1.82, 2.24) is 19.8 Å². The number of hydrogen-bond acceptors (Lipinski definition) is 5. The number of amides is 1. The molecule has 20 heavy (non-hydrogen) atoms. The van der Waals surface area contributed by atoms with E-state index in [4.69, 9.17) is 4.74 Å². The summed E-state index contributed by atoms with van der Waals surface area (Å²) in [4.78, 5) is 25.2.